The Balaban J connectivity index is 2.14. The molecule has 0 aromatic heterocycles. The number of carbonyl (C=O) groups excluding carboxylic acids is 1. The number of hydrogen-bond acceptors (Lipinski definition) is 1. The number of allylic oxidation sites excluding steroid dienone is 2. The Morgan fingerprint density at radius 1 is 1.31 bits per heavy atom. The van der Waals surface area contributed by atoms with Gasteiger partial charge < -0.3 is 0 Å². The first-order chi connectivity index (χ1) is 6.14. The molecule has 2 aliphatic rings. The third kappa shape index (κ3) is 1.34. The van der Waals surface area contributed by atoms with Gasteiger partial charge in [0.25, 0.3) is 0 Å². The predicted molar refractivity (Wildman–Crippen MR) is 53.4 cm³/mol. The Morgan fingerprint density at radius 2 is 1.92 bits per heavy atom. The fourth-order valence-corrected chi connectivity index (χ4v) is 2.64. The van der Waals surface area contributed by atoms with Crippen molar-refractivity contribution in [3.8, 4) is 0 Å². The normalized spacial score (nSPS) is 44.6. The molecule has 13 heavy (non-hydrogen) atoms. The van der Waals surface area contributed by atoms with Crippen molar-refractivity contribution in [1.29, 1.82) is 0 Å². The standard InChI is InChI=1S/C12H18O/c1-9-3-6-12(7-4-9)8-5-10(2)11(12)13/h5,8-10H,3-4,6-7H2,1-2H3. The molecule has 0 amide bonds. The highest BCUT2D eigenvalue weighted by Gasteiger charge is 2.43. The van der Waals surface area contributed by atoms with E-state index in [1.165, 1.54) is 12.8 Å². The largest absolute Gasteiger partial charge is 0.298 e. The van der Waals surface area contributed by atoms with Crippen molar-refractivity contribution < 1.29 is 4.79 Å². The van der Waals surface area contributed by atoms with E-state index < -0.39 is 0 Å². The molecule has 0 radical (unpaired) electrons. The number of hydrogen-bond donors (Lipinski definition) is 0. The molecule has 1 heteroatoms. The molecule has 0 aromatic carbocycles. The first-order valence-electron chi connectivity index (χ1n) is 5.38. The van der Waals surface area contributed by atoms with Crippen LogP contribution in [0.2, 0.25) is 0 Å². The van der Waals surface area contributed by atoms with Crippen LogP contribution in [0.15, 0.2) is 12.2 Å². The topological polar surface area (TPSA) is 17.1 Å². The molecule has 1 saturated carbocycles. The van der Waals surface area contributed by atoms with Crippen molar-refractivity contribution in [2.24, 2.45) is 17.3 Å². The van der Waals surface area contributed by atoms with Gasteiger partial charge >= 0.3 is 0 Å². The van der Waals surface area contributed by atoms with Crippen LogP contribution in [0.3, 0.4) is 0 Å². The van der Waals surface area contributed by atoms with Crippen molar-refractivity contribution in [3.63, 3.8) is 0 Å². The van der Waals surface area contributed by atoms with E-state index in [-0.39, 0.29) is 11.3 Å². The van der Waals surface area contributed by atoms with Gasteiger partial charge in [-0.05, 0) is 31.6 Å². The number of Topliss-reactive ketones (excluding diaryl/α,β-unsaturated/α-hetero) is 1. The molecule has 0 aliphatic heterocycles. The second kappa shape index (κ2) is 2.97. The van der Waals surface area contributed by atoms with Crippen LogP contribution in [0.5, 0.6) is 0 Å². The highest BCUT2D eigenvalue weighted by Crippen LogP contribution is 2.45. The summed E-state index contributed by atoms with van der Waals surface area (Å²) in [5.74, 6) is 1.47. The summed E-state index contributed by atoms with van der Waals surface area (Å²) < 4.78 is 0. The summed E-state index contributed by atoms with van der Waals surface area (Å²) in [5, 5.41) is 0. The maximum absolute atomic E-state index is 11.9. The average molecular weight is 178 g/mol. The van der Waals surface area contributed by atoms with Crippen LogP contribution in [0, 0.1) is 17.3 Å². The molecule has 1 spiro atoms. The third-order valence-corrected chi connectivity index (χ3v) is 3.77. The van der Waals surface area contributed by atoms with Gasteiger partial charge in [0.2, 0.25) is 0 Å². The van der Waals surface area contributed by atoms with Crippen LogP contribution in [-0.2, 0) is 4.79 Å². The van der Waals surface area contributed by atoms with Crippen molar-refractivity contribution >= 4 is 5.78 Å². The lowest BCUT2D eigenvalue weighted by molar-refractivity contribution is -0.129. The zero-order valence-electron chi connectivity index (χ0n) is 8.55. The maximum atomic E-state index is 11.9. The van der Waals surface area contributed by atoms with E-state index >= 15 is 0 Å². The number of ketones is 1. The van der Waals surface area contributed by atoms with E-state index in [1.807, 2.05) is 6.92 Å². The van der Waals surface area contributed by atoms with Crippen LogP contribution in [0.4, 0.5) is 0 Å². The Hall–Kier alpha value is -0.590. The van der Waals surface area contributed by atoms with Crippen molar-refractivity contribution in [1.82, 2.24) is 0 Å². The summed E-state index contributed by atoms with van der Waals surface area (Å²) in [6, 6.07) is 0. The quantitative estimate of drug-likeness (QED) is 0.521. The van der Waals surface area contributed by atoms with E-state index in [2.05, 4.69) is 19.1 Å². The number of rotatable bonds is 0. The van der Waals surface area contributed by atoms with Gasteiger partial charge in [-0.3, -0.25) is 4.79 Å². The minimum absolute atomic E-state index is 0.0358. The summed E-state index contributed by atoms with van der Waals surface area (Å²) in [6.07, 6.45) is 8.91. The van der Waals surface area contributed by atoms with Gasteiger partial charge in [0, 0.05) is 11.3 Å². The Morgan fingerprint density at radius 3 is 2.38 bits per heavy atom. The lowest BCUT2D eigenvalue weighted by atomic mass is 9.69. The van der Waals surface area contributed by atoms with Crippen LogP contribution >= 0.6 is 0 Å². The second-order valence-corrected chi connectivity index (χ2v) is 4.85. The highest BCUT2D eigenvalue weighted by atomic mass is 16.1. The molecule has 1 atom stereocenters. The Kier molecular flexibility index (Phi) is 2.05. The molecule has 0 heterocycles. The Labute approximate surface area is 80.2 Å². The molecule has 2 rings (SSSR count). The average Bonchev–Trinajstić information content (AvgIpc) is 2.40. The number of carbonyl (C=O) groups is 1. The minimum Gasteiger partial charge on any atom is -0.298 e. The summed E-state index contributed by atoms with van der Waals surface area (Å²) in [4.78, 5) is 11.9. The molecular weight excluding hydrogens is 160 g/mol. The van der Waals surface area contributed by atoms with Crippen molar-refractivity contribution in [3.05, 3.63) is 12.2 Å². The first kappa shape index (κ1) is 8.98. The smallest absolute Gasteiger partial charge is 0.149 e. The molecule has 2 aliphatic carbocycles. The fraction of sp³-hybridized carbons (Fsp3) is 0.750. The SMILES string of the molecule is CC1CCC2(C=CC(C)C2=O)CC1. The van der Waals surface area contributed by atoms with Gasteiger partial charge in [0.05, 0.1) is 0 Å². The van der Waals surface area contributed by atoms with Gasteiger partial charge in [-0.2, -0.15) is 0 Å². The van der Waals surface area contributed by atoms with E-state index in [4.69, 9.17) is 0 Å². The van der Waals surface area contributed by atoms with Gasteiger partial charge in [0.15, 0.2) is 0 Å². The molecule has 1 fully saturated rings. The van der Waals surface area contributed by atoms with Crippen LogP contribution < -0.4 is 0 Å². The van der Waals surface area contributed by atoms with E-state index in [1.54, 1.807) is 0 Å². The lowest BCUT2D eigenvalue weighted by Crippen LogP contribution is -2.32. The zero-order chi connectivity index (χ0) is 9.47. The molecular formula is C12H18O. The molecule has 0 bridgehead atoms. The molecule has 1 unspecified atom stereocenters. The molecule has 0 N–H and O–H groups in total. The molecule has 0 aromatic rings. The lowest BCUT2D eigenvalue weighted by Gasteiger charge is -2.33. The van der Waals surface area contributed by atoms with E-state index in [9.17, 15) is 4.79 Å². The summed E-state index contributed by atoms with van der Waals surface area (Å²) in [5.41, 5.74) is -0.0358. The first-order valence-corrected chi connectivity index (χ1v) is 5.38. The summed E-state index contributed by atoms with van der Waals surface area (Å²) in [6.45, 7) is 4.31. The molecule has 0 saturated heterocycles. The van der Waals surface area contributed by atoms with Gasteiger partial charge in [0.1, 0.15) is 5.78 Å². The van der Waals surface area contributed by atoms with Crippen molar-refractivity contribution in [2.45, 2.75) is 39.5 Å². The van der Waals surface area contributed by atoms with Gasteiger partial charge in [-0.25, -0.2) is 0 Å². The van der Waals surface area contributed by atoms with E-state index in [0.29, 0.717) is 5.78 Å². The van der Waals surface area contributed by atoms with Crippen LogP contribution in [0.25, 0.3) is 0 Å². The second-order valence-electron chi connectivity index (χ2n) is 4.85. The van der Waals surface area contributed by atoms with Crippen LogP contribution in [-0.4, -0.2) is 5.78 Å². The molecule has 72 valence electrons. The summed E-state index contributed by atoms with van der Waals surface area (Å²) in [7, 11) is 0. The zero-order valence-corrected chi connectivity index (χ0v) is 8.55. The van der Waals surface area contributed by atoms with Crippen LogP contribution in [0.1, 0.15) is 39.5 Å². The third-order valence-electron chi connectivity index (χ3n) is 3.77. The minimum atomic E-state index is -0.0358. The van der Waals surface area contributed by atoms with Gasteiger partial charge in [-0.15, -0.1) is 0 Å². The Bertz CT molecular complexity index is 244. The monoisotopic (exact) mass is 178 g/mol. The van der Waals surface area contributed by atoms with Gasteiger partial charge in [-0.1, -0.05) is 26.0 Å². The summed E-state index contributed by atoms with van der Waals surface area (Å²) >= 11 is 0. The highest BCUT2D eigenvalue weighted by molar-refractivity contribution is 5.92. The fourth-order valence-electron chi connectivity index (χ4n) is 2.64. The van der Waals surface area contributed by atoms with Crippen molar-refractivity contribution in [2.75, 3.05) is 0 Å². The predicted octanol–water partition coefficient (Wildman–Crippen LogP) is 2.96. The maximum Gasteiger partial charge on any atom is 0.149 e. The molecule has 1 nitrogen and oxygen atoms in total. The van der Waals surface area contributed by atoms with E-state index in [0.717, 1.165) is 18.8 Å².